The smallest absolute Gasteiger partial charge is 0.253 e. The van der Waals surface area contributed by atoms with Gasteiger partial charge in [0, 0.05) is 62.5 Å². The van der Waals surface area contributed by atoms with Crippen LogP contribution >= 0.6 is 11.3 Å². The molecule has 0 saturated carbocycles. The number of hydrogen-bond acceptors (Lipinski definition) is 10. The van der Waals surface area contributed by atoms with E-state index >= 15 is 0 Å². The molecule has 0 spiro atoms. The molecule has 0 aliphatic carbocycles. The van der Waals surface area contributed by atoms with Gasteiger partial charge in [-0.05, 0) is 24.3 Å². The zero-order chi connectivity index (χ0) is 27.0. The summed E-state index contributed by atoms with van der Waals surface area (Å²) in [7, 11) is -1.50. The molecule has 0 bridgehead atoms. The molecule has 1 aromatic carbocycles. The van der Waals surface area contributed by atoms with Gasteiger partial charge in [-0.3, -0.25) is 4.90 Å². The Kier molecular flexibility index (Phi) is 7.25. The number of thiophene rings is 1. The van der Waals surface area contributed by atoms with E-state index in [0.29, 0.717) is 45.3 Å². The first-order valence-corrected chi connectivity index (χ1v) is 15.5. The fraction of sp³-hybridized carbons (Fsp3) is 0.423. The standard InChI is InChI=1S/C26H31N7O4S2/c1-36-20-5-3-4-19(16-20)22-6-7-33(29-22)26-27-23-17-21(18-30-8-10-32(11-9-30)39(2,34)35)38-24(23)25(28-26)31-12-14-37-15-13-31/h3-7,16-17H,8-15,18H2,1-2H3. The monoisotopic (exact) mass is 569 g/mol. The van der Waals surface area contributed by atoms with E-state index in [1.54, 1.807) is 27.4 Å². The third-order valence-corrected chi connectivity index (χ3v) is 9.45. The summed E-state index contributed by atoms with van der Waals surface area (Å²) in [5.41, 5.74) is 2.65. The van der Waals surface area contributed by atoms with Gasteiger partial charge in [0.1, 0.15) is 5.75 Å². The predicted octanol–water partition coefficient (Wildman–Crippen LogP) is 2.47. The summed E-state index contributed by atoms with van der Waals surface area (Å²) in [6.07, 6.45) is 3.16. The van der Waals surface area contributed by atoms with E-state index in [4.69, 9.17) is 24.5 Å². The van der Waals surface area contributed by atoms with Crippen LogP contribution in [0.3, 0.4) is 0 Å². The highest BCUT2D eigenvalue weighted by Crippen LogP contribution is 2.34. The van der Waals surface area contributed by atoms with Gasteiger partial charge in [0.25, 0.3) is 5.95 Å². The van der Waals surface area contributed by atoms with Crippen LogP contribution in [-0.2, 0) is 21.3 Å². The Morgan fingerprint density at radius 1 is 1.03 bits per heavy atom. The first-order valence-electron chi connectivity index (χ1n) is 12.9. The number of aromatic nitrogens is 4. The normalized spacial score (nSPS) is 17.6. The van der Waals surface area contributed by atoms with Crippen LogP contribution in [0.15, 0.2) is 42.6 Å². The number of hydrogen-bond donors (Lipinski definition) is 0. The molecule has 0 N–H and O–H groups in total. The number of rotatable bonds is 7. The minimum atomic E-state index is -3.15. The Labute approximate surface area is 231 Å². The molecule has 2 fully saturated rings. The summed E-state index contributed by atoms with van der Waals surface area (Å²) in [5, 5.41) is 4.78. The summed E-state index contributed by atoms with van der Waals surface area (Å²) < 4.78 is 39.0. The van der Waals surface area contributed by atoms with Crippen molar-refractivity contribution in [3.8, 4) is 23.0 Å². The van der Waals surface area contributed by atoms with Crippen molar-refractivity contribution in [2.75, 3.05) is 70.7 Å². The number of piperazine rings is 1. The lowest BCUT2D eigenvalue weighted by molar-refractivity contribution is 0.122. The molecule has 0 radical (unpaired) electrons. The van der Waals surface area contributed by atoms with Gasteiger partial charge in [0.2, 0.25) is 10.0 Å². The third kappa shape index (κ3) is 5.63. The second-order valence-corrected chi connectivity index (χ2v) is 12.8. The van der Waals surface area contributed by atoms with Gasteiger partial charge in [-0.15, -0.1) is 11.3 Å². The molecule has 206 valence electrons. The topological polar surface area (TPSA) is 106 Å². The molecule has 5 heterocycles. The van der Waals surface area contributed by atoms with E-state index in [-0.39, 0.29) is 0 Å². The minimum Gasteiger partial charge on any atom is -0.497 e. The lowest BCUT2D eigenvalue weighted by Gasteiger charge is -2.32. The van der Waals surface area contributed by atoms with Crippen LogP contribution in [0, 0.1) is 0 Å². The van der Waals surface area contributed by atoms with Gasteiger partial charge in [0.15, 0.2) is 5.82 Å². The van der Waals surface area contributed by atoms with Crippen LogP contribution in [0.25, 0.3) is 27.4 Å². The molecule has 0 atom stereocenters. The summed E-state index contributed by atoms with van der Waals surface area (Å²) in [4.78, 5) is 15.6. The highest BCUT2D eigenvalue weighted by Gasteiger charge is 2.25. The van der Waals surface area contributed by atoms with Gasteiger partial charge >= 0.3 is 0 Å². The van der Waals surface area contributed by atoms with Crippen LogP contribution < -0.4 is 9.64 Å². The lowest BCUT2D eigenvalue weighted by Crippen LogP contribution is -2.47. The zero-order valence-corrected chi connectivity index (χ0v) is 23.6. The zero-order valence-electron chi connectivity index (χ0n) is 22.0. The Bertz CT molecular complexity index is 1570. The van der Waals surface area contributed by atoms with Crippen molar-refractivity contribution < 1.29 is 17.9 Å². The van der Waals surface area contributed by atoms with Crippen LogP contribution in [0.5, 0.6) is 5.75 Å². The van der Waals surface area contributed by atoms with Crippen LogP contribution in [-0.4, -0.2) is 103 Å². The second kappa shape index (κ2) is 10.8. The van der Waals surface area contributed by atoms with Crippen molar-refractivity contribution in [3.63, 3.8) is 0 Å². The van der Waals surface area contributed by atoms with Crippen LogP contribution in [0.4, 0.5) is 5.82 Å². The Balaban J connectivity index is 1.31. The number of methoxy groups -OCH3 is 1. The molecule has 4 aromatic rings. The van der Waals surface area contributed by atoms with E-state index in [1.807, 2.05) is 36.5 Å². The number of morpholine rings is 1. The number of sulfonamides is 1. The van der Waals surface area contributed by atoms with Crippen molar-refractivity contribution >= 4 is 37.4 Å². The van der Waals surface area contributed by atoms with Gasteiger partial charge in [-0.2, -0.15) is 14.4 Å². The maximum absolute atomic E-state index is 11.9. The molecule has 6 rings (SSSR count). The fourth-order valence-electron chi connectivity index (χ4n) is 4.93. The Morgan fingerprint density at radius 2 is 1.82 bits per heavy atom. The SMILES string of the molecule is COc1cccc(-c2ccn(-c3nc(N4CCOCC4)c4sc(CN5CCN(S(C)(=O)=O)CC5)cc4n3)n2)c1. The van der Waals surface area contributed by atoms with Crippen LogP contribution in [0.2, 0.25) is 0 Å². The minimum absolute atomic E-state index is 0.516. The largest absolute Gasteiger partial charge is 0.497 e. The van der Waals surface area contributed by atoms with E-state index in [0.717, 1.165) is 52.7 Å². The first kappa shape index (κ1) is 26.1. The van der Waals surface area contributed by atoms with Gasteiger partial charge in [-0.1, -0.05) is 12.1 Å². The highest BCUT2D eigenvalue weighted by atomic mass is 32.2. The maximum atomic E-state index is 11.9. The molecule has 11 nitrogen and oxygen atoms in total. The molecular formula is C26H31N7O4S2. The molecule has 0 amide bonds. The number of fused-ring (bicyclic) bond motifs is 1. The lowest BCUT2D eigenvalue weighted by atomic mass is 10.1. The average Bonchev–Trinajstić information content (AvgIpc) is 3.60. The van der Waals surface area contributed by atoms with Crippen molar-refractivity contribution in [3.05, 3.63) is 47.5 Å². The molecule has 2 aliphatic heterocycles. The quantitative estimate of drug-likeness (QED) is 0.332. The summed E-state index contributed by atoms with van der Waals surface area (Å²) in [6.45, 7) is 6.03. The number of ether oxygens (including phenoxy) is 2. The molecular weight excluding hydrogens is 538 g/mol. The summed E-state index contributed by atoms with van der Waals surface area (Å²) >= 11 is 1.70. The summed E-state index contributed by atoms with van der Waals surface area (Å²) in [5.74, 6) is 2.19. The van der Waals surface area contributed by atoms with Crippen molar-refractivity contribution in [1.29, 1.82) is 0 Å². The molecule has 0 unspecified atom stereocenters. The number of nitrogens with zero attached hydrogens (tertiary/aromatic N) is 7. The molecule has 2 saturated heterocycles. The Morgan fingerprint density at radius 3 is 2.56 bits per heavy atom. The van der Waals surface area contributed by atoms with Crippen molar-refractivity contribution in [2.24, 2.45) is 0 Å². The van der Waals surface area contributed by atoms with E-state index in [2.05, 4.69) is 15.9 Å². The highest BCUT2D eigenvalue weighted by molar-refractivity contribution is 7.88. The van der Waals surface area contributed by atoms with Crippen molar-refractivity contribution in [1.82, 2.24) is 29.0 Å². The summed E-state index contributed by atoms with van der Waals surface area (Å²) in [6, 6.07) is 11.9. The number of benzene rings is 1. The molecule has 3 aromatic heterocycles. The second-order valence-electron chi connectivity index (χ2n) is 9.69. The van der Waals surface area contributed by atoms with E-state index in [1.165, 1.54) is 11.1 Å². The van der Waals surface area contributed by atoms with Gasteiger partial charge in [0.05, 0.1) is 42.5 Å². The molecule has 13 heteroatoms. The third-order valence-electron chi connectivity index (χ3n) is 7.04. The van der Waals surface area contributed by atoms with Gasteiger partial charge < -0.3 is 14.4 Å². The van der Waals surface area contributed by atoms with E-state index in [9.17, 15) is 8.42 Å². The molecule has 2 aliphatic rings. The first-order chi connectivity index (χ1) is 18.9. The fourth-order valence-corrected chi connectivity index (χ4v) is 6.92. The van der Waals surface area contributed by atoms with Gasteiger partial charge in [-0.25, -0.2) is 18.1 Å². The maximum Gasteiger partial charge on any atom is 0.253 e. The van der Waals surface area contributed by atoms with Crippen molar-refractivity contribution in [2.45, 2.75) is 6.54 Å². The number of anilines is 1. The molecule has 39 heavy (non-hydrogen) atoms. The predicted molar refractivity (Wildman–Crippen MR) is 151 cm³/mol. The Hall–Kier alpha value is -3.10. The van der Waals surface area contributed by atoms with E-state index < -0.39 is 10.0 Å². The van der Waals surface area contributed by atoms with Crippen LogP contribution in [0.1, 0.15) is 4.88 Å². The average molecular weight is 570 g/mol.